The maximum absolute atomic E-state index is 12.4. The summed E-state index contributed by atoms with van der Waals surface area (Å²) in [6.45, 7) is 0. The van der Waals surface area contributed by atoms with Crippen molar-refractivity contribution in [2.75, 3.05) is 12.8 Å². The van der Waals surface area contributed by atoms with Gasteiger partial charge in [0.2, 0.25) is 0 Å². The normalized spacial score (nSPS) is 15.0. The molecule has 1 aliphatic carbocycles. The van der Waals surface area contributed by atoms with Crippen molar-refractivity contribution in [1.82, 2.24) is 4.90 Å². The van der Waals surface area contributed by atoms with Crippen LogP contribution < -0.4 is 5.73 Å². The van der Waals surface area contributed by atoms with Gasteiger partial charge in [-0.2, -0.15) is 0 Å². The molecule has 2 N–H and O–H groups in total. The first-order chi connectivity index (χ1) is 8.59. The summed E-state index contributed by atoms with van der Waals surface area (Å²) in [4.78, 5) is 14.8. The van der Waals surface area contributed by atoms with E-state index in [1.54, 1.807) is 0 Å². The number of carbonyl (C=O) groups is 1. The molecule has 0 atom stereocenters. The van der Waals surface area contributed by atoms with E-state index in [0.29, 0.717) is 16.6 Å². The number of rotatable bonds is 2. The van der Waals surface area contributed by atoms with Crippen molar-refractivity contribution in [2.45, 2.75) is 18.9 Å². The van der Waals surface area contributed by atoms with Gasteiger partial charge in [-0.1, -0.05) is 22.0 Å². The number of hydrogen-bond acceptors (Lipinski definition) is 3. The molecule has 1 amide bonds. The van der Waals surface area contributed by atoms with E-state index in [-0.39, 0.29) is 5.91 Å². The van der Waals surface area contributed by atoms with Gasteiger partial charge in [0, 0.05) is 27.6 Å². The van der Waals surface area contributed by atoms with Gasteiger partial charge in [-0.3, -0.25) is 4.79 Å². The summed E-state index contributed by atoms with van der Waals surface area (Å²) in [6.07, 6.45) is 2.22. The van der Waals surface area contributed by atoms with E-state index in [2.05, 4.69) is 15.9 Å². The van der Waals surface area contributed by atoms with Crippen LogP contribution in [0.3, 0.4) is 0 Å². The van der Waals surface area contributed by atoms with E-state index in [0.717, 1.165) is 27.4 Å². The lowest BCUT2D eigenvalue weighted by atomic mass is 10.2. The van der Waals surface area contributed by atoms with Gasteiger partial charge >= 0.3 is 0 Å². The Morgan fingerprint density at radius 3 is 2.83 bits per heavy atom. The van der Waals surface area contributed by atoms with Gasteiger partial charge in [0.05, 0.1) is 5.69 Å². The molecule has 18 heavy (non-hydrogen) atoms. The monoisotopic (exact) mass is 324 g/mol. The molecule has 3 rings (SSSR count). The molecule has 0 unspecified atom stereocenters. The van der Waals surface area contributed by atoms with Crippen LogP contribution in [-0.2, 0) is 0 Å². The predicted octanol–water partition coefficient (Wildman–Crippen LogP) is 3.48. The van der Waals surface area contributed by atoms with Crippen LogP contribution in [0.5, 0.6) is 0 Å². The summed E-state index contributed by atoms with van der Waals surface area (Å²) in [5, 5.41) is 0.954. The first-order valence-electron chi connectivity index (χ1n) is 5.83. The molecule has 1 aliphatic rings. The molecular weight excluding hydrogens is 312 g/mol. The van der Waals surface area contributed by atoms with E-state index in [9.17, 15) is 4.79 Å². The SMILES string of the molecule is CN(C(=O)c1sc2cccc(Br)c2c1N)C1CC1. The molecule has 0 aliphatic heterocycles. The molecule has 1 heterocycles. The molecule has 0 saturated heterocycles. The average molecular weight is 325 g/mol. The largest absolute Gasteiger partial charge is 0.397 e. The van der Waals surface area contributed by atoms with Crippen molar-refractivity contribution in [3.8, 4) is 0 Å². The fourth-order valence-electron chi connectivity index (χ4n) is 2.08. The number of nitrogens with two attached hydrogens (primary N) is 1. The third kappa shape index (κ3) is 1.82. The molecule has 5 heteroatoms. The Balaban J connectivity index is 2.09. The first kappa shape index (κ1) is 12.0. The molecule has 1 saturated carbocycles. The molecule has 0 spiro atoms. The molecule has 2 aromatic rings. The number of nitrogens with zero attached hydrogens (tertiary/aromatic N) is 1. The van der Waals surface area contributed by atoms with E-state index < -0.39 is 0 Å². The lowest BCUT2D eigenvalue weighted by Gasteiger charge is -2.15. The minimum Gasteiger partial charge on any atom is -0.397 e. The van der Waals surface area contributed by atoms with Crippen LogP contribution in [0, 0.1) is 0 Å². The molecular formula is C13H13BrN2OS. The van der Waals surface area contributed by atoms with Gasteiger partial charge in [-0.15, -0.1) is 11.3 Å². The second kappa shape index (κ2) is 4.24. The van der Waals surface area contributed by atoms with Crippen molar-refractivity contribution in [1.29, 1.82) is 0 Å². The van der Waals surface area contributed by atoms with Gasteiger partial charge in [0.25, 0.3) is 5.91 Å². The molecule has 1 aromatic heterocycles. The minimum atomic E-state index is 0.0445. The zero-order chi connectivity index (χ0) is 12.9. The third-order valence-electron chi connectivity index (χ3n) is 3.31. The first-order valence-corrected chi connectivity index (χ1v) is 7.44. The van der Waals surface area contributed by atoms with Crippen LogP contribution >= 0.6 is 27.3 Å². The van der Waals surface area contributed by atoms with Crippen LogP contribution in [0.2, 0.25) is 0 Å². The Hall–Kier alpha value is -1.07. The smallest absolute Gasteiger partial charge is 0.266 e. The Kier molecular flexibility index (Phi) is 2.83. The number of fused-ring (bicyclic) bond motifs is 1. The minimum absolute atomic E-state index is 0.0445. The van der Waals surface area contributed by atoms with E-state index in [4.69, 9.17) is 5.73 Å². The van der Waals surface area contributed by atoms with Crippen LogP contribution in [0.15, 0.2) is 22.7 Å². The quantitative estimate of drug-likeness (QED) is 0.919. The Morgan fingerprint density at radius 1 is 1.50 bits per heavy atom. The summed E-state index contributed by atoms with van der Waals surface area (Å²) < 4.78 is 2.00. The van der Waals surface area contributed by atoms with Gasteiger partial charge in [-0.05, 0) is 25.0 Å². The van der Waals surface area contributed by atoms with Gasteiger partial charge in [0.15, 0.2) is 0 Å². The highest BCUT2D eigenvalue weighted by atomic mass is 79.9. The number of thiophene rings is 1. The second-order valence-electron chi connectivity index (χ2n) is 4.61. The summed E-state index contributed by atoms with van der Waals surface area (Å²) in [6, 6.07) is 6.31. The van der Waals surface area contributed by atoms with Crippen molar-refractivity contribution in [3.63, 3.8) is 0 Å². The van der Waals surface area contributed by atoms with Crippen LogP contribution in [0.4, 0.5) is 5.69 Å². The van der Waals surface area contributed by atoms with Crippen LogP contribution in [0.25, 0.3) is 10.1 Å². The standard InChI is InChI=1S/C13H13BrN2OS/c1-16(7-5-6-7)13(17)12-11(15)10-8(14)3-2-4-9(10)18-12/h2-4,7H,5-6,15H2,1H3. The highest BCUT2D eigenvalue weighted by Crippen LogP contribution is 2.39. The molecule has 3 nitrogen and oxygen atoms in total. The Labute approximate surface area is 118 Å². The number of carbonyl (C=O) groups excluding carboxylic acids is 1. The van der Waals surface area contributed by atoms with E-state index >= 15 is 0 Å². The number of amides is 1. The molecule has 1 fully saturated rings. The Bertz CT molecular complexity index is 633. The van der Waals surface area contributed by atoms with Gasteiger partial charge < -0.3 is 10.6 Å². The second-order valence-corrected chi connectivity index (χ2v) is 6.51. The van der Waals surface area contributed by atoms with Gasteiger partial charge in [-0.25, -0.2) is 0 Å². The maximum atomic E-state index is 12.4. The molecule has 94 valence electrons. The topological polar surface area (TPSA) is 46.3 Å². The summed E-state index contributed by atoms with van der Waals surface area (Å²) in [5.74, 6) is 0.0445. The Morgan fingerprint density at radius 2 is 2.22 bits per heavy atom. The van der Waals surface area contributed by atoms with Crippen LogP contribution in [-0.4, -0.2) is 23.9 Å². The zero-order valence-electron chi connectivity index (χ0n) is 9.94. The van der Waals surface area contributed by atoms with Gasteiger partial charge in [0.1, 0.15) is 4.88 Å². The highest BCUT2D eigenvalue weighted by molar-refractivity contribution is 9.10. The lowest BCUT2D eigenvalue weighted by Crippen LogP contribution is -2.28. The van der Waals surface area contributed by atoms with Crippen LogP contribution in [0.1, 0.15) is 22.5 Å². The number of anilines is 1. The summed E-state index contributed by atoms with van der Waals surface area (Å²) >= 11 is 4.96. The fraction of sp³-hybridized carbons (Fsp3) is 0.308. The number of nitrogen functional groups attached to an aromatic ring is 1. The van der Waals surface area contributed by atoms with Crippen molar-refractivity contribution in [2.24, 2.45) is 0 Å². The molecule has 0 radical (unpaired) electrons. The maximum Gasteiger partial charge on any atom is 0.266 e. The molecule has 0 bridgehead atoms. The van der Waals surface area contributed by atoms with Crippen molar-refractivity contribution >= 4 is 48.9 Å². The highest BCUT2D eigenvalue weighted by Gasteiger charge is 2.32. The average Bonchev–Trinajstić information content (AvgIpc) is 3.13. The summed E-state index contributed by atoms with van der Waals surface area (Å²) in [7, 11) is 1.86. The van der Waals surface area contributed by atoms with Crippen molar-refractivity contribution in [3.05, 3.63) is 27.5 Å². The number of halogens is 1. The molecule has 1 aromatic carbocycles. The van der Waals surface area contributed by atoms with E-state index in [1.807, 2.05) is 30.1 Å². The van der Waals surface area contributed by atoms with Crippen molar-refractivity contribution < 1.29 is 4.79 Å². The fourth-order valence-corrected chi connectivity index (χ4v) is 3.92. The lowest BCUT2D eigenvalue weighted by molar-refractivity contribution is 0.0791. The predicted molar refractivity (Wildman–Crippen MR) is 79.1 cm³/mol. The van der Waals surface area contributed by atoms with E-state index in [1.165, 1.54) is 11.3 Å². The zero-order valence-corrected chi connectivity index (χ0v) is 12.3. The summed E-state index contributed by atoms with van der Waals surface area (Å²) in [5.41, 5.74) is 6.73. The number of benzene rings is 1. The number of hydrogen-bond donors (Lipinski definition) is 1. The third-order valence-corrected chi connectivity index (χ3v) is 5.13.